The Balaban J connectivity index is 1.12. The number of para-hydroxylation sites is 1. The van der Waals surface area contributed by atoms with Crippen molar-refractivity contribution in [3.8, 4) is 62.1 Å². The van der Waals surface area contributed by atoms with Crippen LogP contribution in [0.4, 0.5) is 0 Å². The van der Waals surface area contributed by atoms with Gasteiger partial charge in [0.1, 0.15) is 11.2 Å². The normalized spacial score (nSPS) is 11.6. The molecule has 0 saturated carbocycles. The minimum absolute atomic E-state index is 0.619. The maximum atomic E-state index is 6.55. The molecule has 0 amide bonds. The number of aromatic nitrogens is 4. The van der Waals surface area contributed by atoms with Crippen LogP contribution in [0.25, 0.3) is 106 Å². The maximum Gasteiger partial charge on any atom is 0.164 e. The van der Waals surface area contributed by atoms with E-state index in [-0.39, 0.29) is 0 Å². The molecule has 11 rings (SSSR count). The molecule has 8 aromatic carbocycles. The summed E-state index contributed by atoms with van der Waals surface area (Å²) in [5.74, 6) is 1.88. The van der Waals surface area contributed by atoms with E-state index in [1.807, 2.05) is 36.4 Å². The molecule has 0 aliphatic carbocycles. The van der Waals surface area contributed by atoms with E-state index < -0.39 is 0 Å². The molecule has 0 N–H and O–H groups in total. The smallest absolute Gasteiger partial charge is 0.164 e. The summed E-state index contributed by atoms with van der Waals surface area (Å²) in [6.45, 7) is 0. The molecule has 3 heterocycles. The van der Waals surface area contributed by atoms with Crippen LogP contribution in [-0.2, 0) is 0 Å². The molecule has 0 atom stereocenters. The fraction of sp³-hybridized carbons (Fsp3) is 0. The molecule has 56 heavy (non-hydrogen) atoms. The van der Waals surface area contributed by atoms with Crippen molar-refractivity contribution in [2.75, 3.05) is 0 Å². The molecule has 0 unspecified atom stereocenters. The van der Waals surface area contributed by atoms with Gasteiger partial charge in [0.2, 0.25) is 0 Å². The van der Waals surface area contributed by atoms with Gasteiger partial charge in [-0.2, -0.15) is 0 Å². The first-order chi connectivity index (χ1) is 27.8. The van der Waals surface area contributed by atoms with E-state index in [4.69, 9.17) is 19.4 Å². The topological polar surface area (TPSA) is 56.7 Å². The Kier molecular flexibility index (Phi) is 7.42. The van der Waals surface area contributed by atoms with E-state index in [0.29, 0.717) is 17.5 Å². The molecule has 0 aliphatic rings. The summed E-state index contributed by atoms with van der Waals surface area (Å²) < 4.78 is 8.92. The van der Waals surface area contributed by atoms with Gasteiger partial charge in [-0.1, -0.05) is 146 Å². The van der Waals surface area contributed by atoms with Crippen LogP contribution in [-0.4, -0.2) is 19.5 Å². The highest BCUT2D eigenvalue weighted by molar-refractivity contribution is 6.18. The van der Waals surface area contributed by atoms with E-state index >= 15 is 0 Å². The van der Waals surface area contributed by atoms with Crippen LogP contribution in [0.3, 0.4) is 0 Å². The van der Waals surface area contributed by atoms with Crippen LogP contribution in [0, 0.1) is 0 Å². The van der Waals surface area contributed by atoms with Gasteiger partial charge in [-0.05, 0) is 70.8 Å². The Labute approximate surface area is 322 Å². The highest BCUT2D eigenvalue weighted by Gasteiger charge is 2.21. The predicted molar refractivity (Wildman–Crippen MR) is 229 cm³/mol. The third kappa shape index (κ3) is 5.29. The van der Waals surface area contributed by atoms with Crippen LogP contribution in [0.2, 0.25) is 0 Å². The summed E-state index contributed by atoms with van der Waals surface area (Å²) in [7, 11) is 0. The van der Waals surface area contributed by atoms with Crippen molar-refractivity contribution in [2.24, 2.45) is 0 Å². The monoisotopic (exact) mass is 716 g/mol. The van der Waals surface area contributed by atoms with Crippen LogP contribution in [0.1, 0.15) is 0 Å². The van der Waals surface area contributed by atoms with E-state index in [2.05, 4.69) is 162 Å². The summed E-state index contributed by atoms with van der Waals surface area (Å²) in [5.41, 5.74) is 12.3. The molecule has 0 saturated heterocycles. The van der Waals surface area contributed by atoms with Crippen molar-refractivity contribution in [1.82, 2.24) is 19.5 Å². The van der Waals surface area contributed by atoms with Gasteiger partial charge in [0.15, 0.2) is 17.5 Å². The summed E-state index contributed by atoms with van der Waals surface area (Å²) in [5, 5.41) is 4.45. The third-order valence-corrected chi connectivity index (χ3v) is 10.7. The second kappa shape index (κ2) is 13.0. The van der Waals surface area contributed by atoms with Crippen molar-refractivity contribution in [3.63, 3.8) is 0 Å². The minimum atomic E-state index is 0.619. The minimum Gasteiger partial charge on any atom is -0.456 e. The molecule has 0 bridgehead atoms. The number of furan rings is 1. The molecule has 262 valence electrons. The van der Waals surface area contributed by atoms with Gasteiger partial charge < -0.3 is 8.98 Å². The van der Waals surface area contributed by atoms with Gasteiger partial charge in [0, 0.05) is 32.8 Å². The van der Waals surface area contributed by atoms with Crippen molar-refractivity contribution in [2.45, 2.75) is 0 Å². The van der Waals surface area contributed by atoms with E-state index in [9.17, 15) is 0 Å². The predicted octanol–water partition coefficient (Wildman–Crippen LogP) is 13.2. The number of hydrogen-bond acceptors (Lipinski definition) is 4. The standard InChI is InChI=1S/C51H32N4O/c1-4-15-33(16-5-1)36-21-12-22-37(31-36)50-52-49(35-19-8-3-9-20-35)53-51(54-50)38-29-30-43-41(32-38)40-23-10-11-25-42(40)55(43)44-26-14-28-46-48(44)47-39(24-13-27-45(47)56-46)34-17-6-2-7-18-34/h1-32H. The van der Waals surface area contributed by atoms with E-state index in [0.717, 1.165) is 88.4 Å². The van der Waals surface area contributed by atoms with Gasteiger partial charge in [-0.3, -0.25) is 0 Å². The Bertz CT molecular complexity index is 3240. The fourth-order valence-corrected chi connectivity index (χ4v) is 8.08. The zero-order chi connectivity index (χ0) is 37.0. The summed E-state index contributed by atoms with van der Waals surface area (Å²) in [4.78, 5) is 15.3. The number of fused-ring (bicyclic) bond motifs is 6. The molecule has 0 fully saturated rings. The average Bonchev–Trinajstić information content (AvgIpc) is 3.83. The highest BCUT2D eigenvalue weighted by Crippen LogP contribution is 2.42. The Morgan fingerprint density at radius 1 is 0.339 bits per heavy atom. The van der Waals surface area contributed by atoms with Crippen LogP contribution >= 0.6 is 0 Å². The van der Waals surface area contributed by atoms with Crippen molar-refractivity contribution in [3.05, 3.63) is 194 Å². The number of benzene rings is 8. The van der Waals surface area contributed by atoms with Crippen LogP contribution < -0.4 is 0 Å². The Hall–Kier alpha value is -7.63. The summed E-state index contributed by atoms with van der Waals surface area (Å²) >= 11 is 0. The lowest BCUT2D eigenvalue weighted by atomic mass is 9.99. The lowest BCUT2D eigenvalue weighted by Crippen LogP contribution is -2.00. The largest absolute Gasteiger partial charge is 0.456 e. The molecule has 0 aliphatic heterocycles. The SMILES string of the molecule is c1ccc(-c2cccc(-c3nc(-c4ccccc4)nc(-c4ccc5c(c4)c4ccccc4n5-c4cccc5oc6cccc(-c7ccccc7)c6c45)n3)c2)cc1. The zero-order valence-electron chi connectivity index (χ0n) is 30.2. The molecule has 5 nitrogen and oxygen atoms in total. The van der Waals surface area contributed by atoms with Gasteiger partial charge in [-0.15, -0.1) is 0 Å². The summed E-state index contributed by atoms with van der Waals surface area (Å²) in [6.07, 6.45) is 0. The second-order valence-corrected chi connectivity index (χ2v) is 14.0. The third-order valence-electron chi connectivity index (χ3n) is 10.7. The quantitative estimate of drug-likeness (QED) is 0.172. The fourth-order valence-electron chi connectivity index (χ4n) is 8.08. The first-order valence-corrected chi connectivity index (χ1v) is 18.8. The van der Waals surface area contributed by atoms with E-state index in [1.165, 1.54) is 0 Å². The van der Waals surface area contributed by atoms with Crippen molar-refractivity contribution in [1.29, 1.82) is 0 Å². The Morgan fingerprint density at radius 2 is 0.875 bits per heavy atom. The average molecular weight is 717 g/mol. The van der Waals surface area contributed by atoms with E-state index in [1.54, 1.807) is 0 Å². The molecule has 11 aromatic rings. The lowest BCUT2D eigenvalue weighted by molar-refractivity contribution is 0.669. The molecular weight excluding hydrogens is 685 g/mol. The molecular formula is C51H32N4O. The number of rotatable bonds is 6. The van der Waals surface area contributed by atoms with Crippen molar-refractivity contribution < 1.29 is 4.42 Å². The van der Waals surface area contributed by atoms with Gasteiger partial charge in [0.25, 0.3) is 0 Å². The lowest BCUT2D eigenvalue weighted by Gasteiger charge is -2.12. The maximum absolute atomic E-state index is 6.55. The molecule has 0 radical (unpaired) electrons. The number of hydrogen-bond donors (Lipinski definition) is 0. The van der Waals surface area contributed by atoms with Gasteiger partial charge >= 0.3 is 0 Å². The first kappa shape index (κ1) is 31.9. The molecule has 5 heteroatoms. The van der Waals surface area contributed by atoms with Crippen molar-refractivity contribution >= 4 is 43.7 Å². The zero-order valence-corrected chi connectivity index (χ0v) is 30.2. The molecule has 0 spiro atoms. The van der Waals surface area contributed by atoms with Crippen LogP contribution in [0.15, 0.2) is 199 Å². The summed E-state index contributed by atoms with van der Waals surface area (Å²) in [6, 6.07) is 67.3. The Morgan fingerprint density at radius 3 is 1.62 bits per heavy atom. The van der Waals surface area contributed by atoms with Crippen LogP contribution in [0.5, 0.6) is 0 Å². The number of nitrogens with zero attached hydrogens (tertiary/aromatic N) is 4. The second-order valence-electron chi connectivity index (χ2n) is 14.0. The van der Waals surface area contributed by atoms with Gasteiger partial charge in [-0.25, -0.2) is 15.0 Å². The van der Waals surface area contributed by atoms with Gasteiger partial charge in [0.05, 0.1) is 22.1 Å². The first-order valence-electron chi connectivity index (χ1n) is 18.8. The highest BCUT2D eigenvalue weighted by atomic mass is 16.3. The molecule has 3 aromatic heterocycles.